The number of aliphatic hydroxyl groups is 1. The fraction of sp³-hybridized carbons (Fsp3) is 0.824. The quantitative estimate of drug-likeness (QED) is 0.628. The summed E-state index contributed by atoms with van der Waals surface area (Å²) in [7, 11) is -0.620. The molecule has 0 aromatic rings. The summed E-state index contributed by atoms with van der Waals surface area (Å²) in [6, 6.07) is 0. The largest absolute Gasteiger partial charge is 0.473 e. The van der Waals surface area contributed by atoms with Gasteiger partial charge in [-0.1, -0.05) is 20.8 Å². The van der Waals surface area contributed by atoms with Gasteiger partial charge in [-0.15, -0.1) is 0 Å². The van der Waals surface area contributed by atoms with E-state index in [0.29, 0.717) is 5.57 Å². The van der Waals surface area contributed by atoms with Crippen molar-refractivity contribution in [2.45, 2.75) is 58.0 Å². The summed E-state index contributed by atoms with van der Waals surface area (Å²) in [6.45, 7) is 11.0. The Hall–Kier alpha value is -0.853. The first-order chi connectivity index (χ1) is 10.6. The summed E-state index contributed by atoms with van der Waals surface area (Å²) in [5.41, 5.74) is 0.573. The van der Waals surface area contributed by atoms with E-state index in [2.05, 4.69) is 33.9 Å². The minimum absolute atomic E-state index is 0.00762. The zero-order chi connectivity index (χ0) is 17.4. The van der Waals surface area contributed by atoms with Gasteiger partial charge in [0.1, 0.15) is 0 Å². The van der Waals surface area contributed by atoms with Gasteiger partial charge in [-0.05, 0) is 36.9 Å². The van der Waals surface area contributed by atoms with Crippen molar-refractivity contribution in [2.24, 2.45) is 17.8 Å². The maximum Gasteiger partial charge on any atom is 0.337 e. The minimum Gasteiger partial charge on any atom is -0.473 e. The molecule has 6 heteroatoms. The van der Waals surface area contributed by atoms with Gasteiger partial charge < -0.3 is 19.0 Å². The standard InChI is InChI=1S/C17H30O5Si/c1-17(2,3)23(5,6)22-16-14-11(9-18)7-8-12(14)13(10-21-16)15(19)20-4/h10-12,14,16,18H,7-9H2,1-6H3/t11-,12-,14-,16+/m1/s1. The average Bonchev–Trinajstić information content (AvgIpc) is 2.89. The SMILES string of the molecule is COC(=O)C1=CO[C@@H](O[Si](C)(C)C(C)(C)C)[C@@H]2[C@@H](CO)CC[C@H]12. The number of hydrogen-bond donors (Lipinski definition) is 1. The Balaban J connectivity index is 2.27. The van der Waals surface area contributed by atoms with Gasteiger partial charge >= 0.3 is 5.97 Å². The van der Waals surface area contributed by atoms with E-state index >= 15 is 0 Å². The molecule has 5 nitrogen and oxygen atoms in total. The van der Waals surface area contributed by atoms with Crippen molar-refractivity contribution >= 4 is 14.3 Å². The zero-order valence-electron chi connectivity index (χ0n) is 15.1. The number of carbonyl (C=O) groups excluding carboxylic acids is 1. The Morgan fingerprint density at radius 3 is 2.57 bits per heavy atom. The molecule has 0 bridgehead atoms. The number of carbonyl (C=O) groups is 1. The third kappa shape index (κ3) is 3.49. The van der Waals surface area contributed by atoms with Crippen molar-refractivity contribution in [2.75, 3.05) is 13.7 Å². The fourth-order valence-electron chi connectivity index (χ4n) is 3.30. The highest BCUT2D eigenvalue weighted by Crippen LogP contribution is 2.49. The second kappa shape index (κ2) is 6.57. The third-order valence-electron chi connectivity index (χ3n) is 5.77. The molecule has 2 aliphatic rings. The van der Waals surface area contributed by atoms with Gasteiger partial charge in [-0.2, -0.15) is 0 Å². The second-order valence-electron chi connectivity index (χ2n) is 8.15. The Kier molecular flexibility index (Phi) is 5.28. The summed E-state index contributed by atoms with van der Waals surface area (Å²) in [5, 5.41) is 9.80. The summed E-state index contributed by atoms with van der Waals surface area (Å²) >= 11 is 0. The van der Waals surface area contributed by atoms with Gasteiger partial charge in [-0.25, -0.2) is 4.79 Å². The molecule has 0 radical (unpaired) electrons. The Morgan fingerprint density at radius 1 is 1.39 bits per heavy atom. The van der Waals surface area contributed by atoms with Crippen LogP contribution in [0.25, 0.3) is 0 Å². The van der Waals surface area contributed by atoms with Crippen molar-refractivity contribution in [3.8, 4) is 0 Å². The van der Waals surface area contributed by atoms with Crippen LogP contribution in [-0.4, -0.2) is 39.4 Å². The van der Waals surface area contributed by atoms with Crippen LogP contribution in [-0.2, 0) is 18.7 Å². The van der Waals surface area contributed by atoms with E-state index in [1.165, 1.54) is 13.4 Å². The summed E-state index contributed by atoms with van der Waals surface area (Å²) < 4.78 is 17.2. The van der Waals surface area contributed by atoms with Gasteiger partial charge in [0, 0.05) is 18.4 Å². The number of rotatable bonds is 4. The topological polar surface area (TPSA) is 65.0 Å². The van der Waals surface area contributed by atoms with Gasteiger partial charge in [0.25, 0.3) is 0 Å². The lowest BCUT2D eigenvalue weighted by atomic mass is 9.83. The molecular formula is C17H30O5Si. The molecule has 4 atom stereocenters. The van der Waals surface area contributed by atoms with Crippen LogP contribution in [0.2, 0.25) is 18.1 Å². The highest BCUT2D eigenvalue weighted by Gasteiger charge is 2.51. The molecule has 1 fully saturated rings. The molecule has 1 aliphatic carbocycles. The number of fused-ring (bicyclic) bond motifs is 1. The Bertz CT molecular complexity index is 480. The Morgan fingerprint density at radius 2 is 2.04 bits per heavy atom. The summed E-state index contributed by atoms with van der Waals surface area (Å²) in [4.78, 5) is 12.0. The monoisotopic (exact) mass is 342 g/mol. The number of ether oxygens (including phenoxy) is 2. The van der Waals surface area contributed by atoms with Crippen LogP contribution >= 0.6 is 0 Å². The van der Waals surface area contributed by atoms with Gasteiger partial charge in [0.2, 0.25) is 0 Å². The van der Waals surface area contributed by atoms with Gasteiger partial charge in [0.05, 0.1) is 18.9 Å². The maximum absolute atomic E-state index is 12.0. The molecule has 23 heavy (non-hydrogen) atoms. The van der Waals surface area contributed by atoms with Gasteiger partial charge in [-0.3, -0.25) is 0 Å². The third-order valence-corrected chi connectivity index (χ3v) is 10.2. The molecular weight excluding hydrogens is 312 g/mol. The van der Waals surface area contributed by atoms with Crippen molar-refractivity contribution in [3.63, 3.8) is 0 Å². The minimum atomic E-state index is -2.00. The molecule has 0 amide bonds. The predicted octanol–water partition coefficient (Wildman–Crippen LogP) is 3.06. The van der Waals surface area contributed by atoms with Crippen LogP contribution in [0.4, 0.5) is 0 Å². The first-order valence-corrected chi connectivity index (χ1v) is 11.3. The van der Waals surface area contributed by atoms with Crippen LogP contribution < -0.4 is 0 Å². The Labute approximate surface area is 140 Å². The molecule has 1 aliphatic heterocycles. The maximum atomic E-state index is 12.0. The van der Waals surface area contributed by atoms with E-state index in [-0.39, 0.29) is 35.4 Å². The summed E-state index contributed by atoms with van der Waals surface area (Å²) in [5.74, 6) is -0.191. The van der Waals surface area contributed by atoms with E-state index < -0.39 is 14.6 Å². The van der Waals surface area contributed by atoms with E-state index in [1.54, 1.807) is 0 Å². The molecule has 0 unspecified atom stereocenters. The van der Waals surface area contributed by atoms with Crippen LogP contribution in [0.3, 0.4) is 0 Å². The van der Waals surface area contributed by atoms with Crippen LogP contribution in [0.5, 0.6) is 0 Å². The average molecular weight is 343 g/mol. The highest BCUT2D eigenvalue weighted by molar-refractivity contribution is 6.74. The lowest BCUT2D eigenvalue weighted by Crippen LogP contribution is -2.49. The van der Waals surface area contributed by atoms with Crippen LogP contribution in [0.15, 0.2) is 11.8 Å². The lowest BCUT2D eigenvalue weighted by Gasteiger charge is -2.43. The number of esters is 1. The van der Waals surface area contributed by atoms with Crippen molar-refractivity contribution in [1.29, 1.82) is 0 Å². The summed E-state index contributed by atoms with van der Waals surface area (Å²) in [6.07, 6.45) is 2.86. The lowest BCUT2D eigenvalue weighted by molar-refractivity contribution is -0.143. The normalized spacial score (nSPS) is 31.2. The molecule has 1 heterocycles. The second-order valence-corrected chi connectivity index (χ2v) is 12.9. The first kappa shape index (κ1) is 18.5. The number of aliphatic hydroxyl groups excluding tert-OH is 1. The molecule has 0 spiro atoms. The zero-order valence-corrected chi connectivity index (χ0v) is 16.1. The van der Waals surface area contributed by atoms with Crippen molar-refractivity contribution < 1.29 is 23.8 Å². The van der Waals surface area contributed by atoms with E-state index in [9.17, 15) is 9.90 Å². The van der Waals surface area contributed by atoms with E-state index in [1.807, 2.05) is 0 Å². The first-order valence-electron chi connectivity index (χ1n) is 8.35. The van der Waals surface area contributed by atoms with Crippen molar-refractivity contribution in [1.82, 2.24) is 0 Å². The smallest absolute Gasteiger partial charge is 0.337 e. The van der Waals surface area contributed by atoms with E-state index in [4.69, 9.17) is 13.9 Å². The molecule has 0 aromatic carbocycles. The highest BCUT2D eigenvalue weighted by atomic mass is 28.4. The molecule has 2 rings (SSSR count). The molecule has 132 valence electrons. The number of methoxy groups -OCH3 is 1. The fourth-order valence-corrected chi connectivity index (χ4v) is 4.45. The van der Waals surface area contributed by atoms with Crippen molar-refractivity contribution in [3.05, 3.63) is 11.8 Å². The van der Waals surface area contributed by atoms with Gasteiger partial charge in [0.15, 0.2) is 14.6 Å². The van der Waals surface area contributed by atoms with Crippen LogP contribution in [0, 0.1) is 17.8 Å². The molecule has 0 aromatic heterocycles. The van der Waals surface area contributed by atoms with Crippen LogP contribution in [0.1, 0.15) is 33.6 Å². The predicted molar refractivity (Wildman–Crippen MR) is 90.0 cm³/mol. The number of hydrogen-bond acceptors (Lipinski definition) is 5. The molecule has 0 saturated heterocycles. The molecule has 1 N–H and O–H groups in total. The van der Waals surface area contributed by atoms with E-state index in [0.717, 1.165) is 12.8 Å². The molecule has 1 saturated carbocycles.